The molecule has 5 nitrogen and oxygen atoms in total. The minimum absolute atomic E-state index is 0.106. The fraction of sp³-hybridized carbons (Fsp3) is 0.155. The molecule has 0 amide bonds. The highest BCUT2D eigenvalue weighted by atomic mass is 15.3. The Bertz CT molecular complexity index is 2660. The predicted molar refractivity (Wildman–Crippen MR) is 267 cm³/mol. The Hall–Kier alpha value is -7.64. The van der Waals surface area contributed by atoms with Gasteiger partial charge in [0.05, 0.1) is 17.3 Å². The lowest BCUT2D eigenvalue weighted by atomic mass is 9.97. The van der Waals surface area contributed by atoms with Gasteiger partial charge in [0.2, 0.25) is 0 Å². The van der Waals surface area contributed by atoms with Crippen LogP contribution in [0.4, 0.5) is 11.4 Å². The summed E-state index contributed by atoms with van der Waals surface area (Å²) in [5.41, 5.74) is 20.1. The van der Waals surface area contributed by atoms with Crippen LogP contribution in [0.15, 0.2) is 241 Å². The van der Waals surface area contributed by atoms with Crippen molar-refractivity contribution in [2.45, 2.75) is 39.7 Å². The number of para-hydroxylation sites is 1. The van der Waals surface area contributed by atoms with Crippen molar-refractivity contribution < 1.29 is 0 Å². The number of allylic oxidation sites excluding steroid dienone is 15. The van der Waals surface area contributed by atoms with Crippen LogP contribution in [-0.4, -0.2) is 30.2 Å². The summed E-state index contributed by atoms with van der Waals surface area (Å²) in [6.45, 7) is 16.0. The highest BCUT2D eigenvalue weighted by Gasteiger charge is 2.25. The minimum atomic E-state index is 0.106. The average molecular weight is 824 g/mol. The number of anilines is 2. The molecule has 2 aliphatic heterocycles. The molecule has 5 heteroatoms. The molecule has 2 atom stereocenters. The molecule has 1 aliphatic carbocycles. The fourth-order valence-electron chi connectivity index (χ4n) is 7.61. The zero-order chi connectivity index (χ0) is 44.4. The van der Waals surface area contributed by atoms with E-state index < -0.39 is 0 Å². The maximum Gasteiger partial charge on any atom is 0.0991 e. The number of nitrogens with one attached hydrogen (secondary N) is 1. The minimum Gasteiger partial charge on any atom is -0.336 e. The lowest BCUT2D eigenvalue weighted by molar-refractivity contribution is 0.406. The molecule has 3 aliphatic rings. The first kappa shape index (κ1) is 44.9. The number of hydrogen-bond acceptors (Lipinski definition) is 5. The van der Waals surface area contributed by atoms with Gasteiger partial charge < -0.3 is 15.2 Å². The zero-order valence-electron chi connectivity index (χ0n) is 37.0. The van der Waals surface area contributed by atoms with Crippen molar-refractivity contribution in [3.8, 4) is 6.07 Å². The summed E-state index contributed by atoms with van der Waals surface area (Å²) in [5, 5.41) is 13.2. The Labute approximate surface area is 375 Å². The number of hydrazone groups is 1. The van der Waals surface area contributed by atoms with Crippen molar-refractivity contribution in [2.75, 3.05) is 18.5 Å². The maximum absolute atomic E-state index is 8.94. The number of aryl methyl sites for hydroxylation is 1. The van der Waals surface area contributed by atoms with Crippen LogP contribution in [0.25, 0.3) is 5.57 Å². The molecule has 0 radical (unpaired) electrons. The highest BCUT2D eigenvalue weighted by Crippen LogP contribution is 2.41. The van der Waals surface area contributed by atoms with Crippen LogP contribution < -0.4 is 10.3 Å². The van der Waals surface area contributed by atoms with Gasteiger partial charge in [0.1, 0.15) is 0 Å². The van der Waals surface area contributed by atoms with Gasteiger partial charge in [-0.05, 0) is 97.9 Å². The van der Waals surface area contributed by atoms with E-state index in [-0.39, 0.29) is 6.04 Å². The van der Waals surface area contributed by atoms with Crippen LogP contribution in [0.3, 0.4) is 0 Å². The van der Waals surface area contributed by atoms with Gasteiger partial charge in [-0.15, -0.1) is 5.73 Å². The third kappa shape index (κ3) is 12.2. The van der Waals surface area contributed by atoms with Crippen LogP contribution in [0.1, 0.15) is 54.5 Å². The van der Waals surface area contributed by atoms with Crippen LogP contribution in [0, 0.1) is 24.2 Å². The number of hydrogen-bond donors (Lipinski definition) is 1. The summed E-state index contributed by atoms with van der Waals surface area (Å²) >= 11 is 0. The quantitative estimate of drug-likeness (QED) is 0.0832. The van der Waals surface area contributed by atoms with E-state index in [0.29, 0.717) is 11.5 Å². The first-order chi connectivity index (χ1) is 30.8. The smallest absolute Gasteiger partial charge is 0.0991 e. The monoisotopic (exact) mass is 823 g/mol. The van der Waals surface area contributed by atoms with E-state index in [2.05, 4.69) is 194 Å². The van der Waals surface area contributed by atoms with E-state index in [4.69, 9.17) is 5.26 Å². The molecule has 0 fully saturated rings. The van der Waals surface area contributed by atoms with Gasteiger partial charge in [0, 0.05) is 70.7 Å². The van der Waals surface area contributed by atoms with E-state index in [0.717, 1.165) is 58.8 Å². The van der Waals surface area contributed by atoms with E-state index in [1.54, 1.807) is 13.1 Å². The lowest BCUT2D eigenvalue weighted by Gasteiger charge is -2.30. The molecule has 63 heavy (non-hydrogen) atoms. The van der Waals surface area contributed by atoms with Crippen LogP contribution in [0.5, 0.6) is 0 Å². The summed E-state index contributed by atoms with van der Waals surface area (Å²) in [5.74, 6) is 0.376. The summed E-state index contributed by atoms with van der Waals surface area (Å²) in [4.78, 5) is 4.67. The Morgan fingerprint density at radius 1 is 0.873 bits per heavy atom. The van der Waals surface area contributed by atoms with Crippen LogP contribution in [0.2, 0.25) is 0 Å². The molecular weight excluding hydrogens is 767 g/mol. The summed E-state index contributed by atoms with van der Waals surface area (Å²) in [7, 11) is 1.76. The zero-order valence-corrected chi connectivity index (χ0v) is 37.0. The number of rotatable bonds is 8. The van der Waals surface area contributed by atoms with Gasteiger partial charge in [0.25, 0.3) is 0 Å². The molecule has 314 valence electrons. The SMILES string of the molecule is C=C/C=C(\C=C1/CN(c2cccc(C)c2)c2ccccc21)C1=C=CC(=C)N(C2=CC=CCC=C2)C(C)/C=C\C=C/CC(C)/C=C\1.CN/N=C(\c1ccccc1)c1cccc(C#N)c1. The third-order valence-electron chi connectivity index (χ3n) is 10.7. The second-order valence-corrected chi connectivity index (χ2v) is 15.6. The number of nitriles is 1. The molecule has 7 rings (SSSR count). The number of fused-ring (bicyclic) bond motifs is 1. The largest absolute Gasteiger partial charge is 0.336 e. The van der Waals surface area contributed by atoms with E-state index in [1.807, 2.05) is 60.7 Å². The number of nitrogens with zero attached hydrogens (tertiary/aromatic N) is 4. The van der Waals surface area contributed by atoms with E-state index in [9.17, 15) is 0 Å². The van der Waals surface area contributed by atoms with Crippen molar-refractivity contribution >= 4 is 22.7 Å². The Balaban J connectivity index is 0.000000305. The van der Waals surface area contributed by atoms with Gasteiger partial charge >= 0.3 is 0 Å². The first-order valence-electron chi connectivity index (χ1n) is 21.6. The maximum atomic E-state index is 8.94. The molecule has 4 aromatic carbocycles. The predicted octanol–water partition coefficient (Wildman–Crippen LogP) is 13.6. The fourth-order valence-corrected chi connectivity index (χ4v) is 7.61. The van der Waals surface area contributed by atoms with Crippen LogP contribution >= 0.6 is 0 Å². The van der Waals surface area contributed by atoms with Gasteiger partial charge in [-0.1, -0.05) is 160 Å². The normalized spacial score (nSPS) is 19.9. The summed E-state index contributed by atoms with van der Waals surface area (Å²) < 4.78 is 0. The van der Waals surface area contributed by atoms with Crippen molar-refractivity contribution in [3.63, 3.8) is 0 Å². The third-order valence-corrected chi connectivity index (χ3v) is 10.7. The highest BCUT2D eigenvalue weighted by molar-refractivity contribution is 6.12. The van der Waals surface area contributed by atoms with Crippen LogP contribution in [-0.2, 0) is 0 Å². The van der Waals surface area contributed by atoms with Crippen molar-refractivity contribution in [3.05, 3.63) is 264 Å². The second kappa shape index (κ2) is 22.8. The molecule has 1 N–H and O–H groups in total. The molecular formula is C58H57N5. The molecule has 0 bridgehead atoms. The molecule has 2 unspecified atom stereocenters. The topological polar surface area (TPSA) is 54.7 Å². The number of benzene rings is 4. The molecule has 0 aromatic heterocycles. The molecule has 0 saturated carbocycles. The van der Waals surface area contributed by atoms with Crippen molar-refractivity contribution in [1.82, 2.24) is 10.3 Å². The summed E-state index contributed by atoms with van der Waals surface area (Å²) in [6.07, 6.45) is 34.2. The van der Waals surface area contributed by atoms with Gasteiger partial charge in [-0.2, -0.15) is 10.4 Å². The average Bonchev–Trinajstić information content (AvgIpc) is 3.45. The van der Waals surface area contributed by atoms with E-state index in [1.165, 1.54) is 28.1 Å². The molecule has 0 spiro atoms. The Kier molecular flexibility index (Phi) is 16.3. The summed E-state index contributed by atoms with van der Waals surface area (Å²) in [6, 6.07) is 37.0. The van der Waals surface area contributed by atoms with Gasteiger partial charge in [0.15, 0.2) is 0 Å². The standard InChI is InChI=1S/C43H44N2.C15H13N3/c1-6-17-38(31-39-32-44(41-23-16-19-34(3)30-41)43-25-15-14-24-42(39)43)37-28-26-33(2)18-10-9-11-20-35(4)45(36(5)27-29-37)40-21-12-7-8-13-22-40;1-17-18-15(13-7-3-2-4-8-13)14-9-5-6-12(10-14)11-16/h6-7,9-17,19-28,30-31,33,35H,1,5,8,18,32H2,2-4H3;2-10,17H,1H3/b10-9-,20-11-,28-26-,38-17+,39-31+;18-15+. The Morgan fingerprint density at radius 2 is 1.67 bits per heavy atom. The van der Waals surface area contributed by atoms with Gasteiger partial charge in [-0.25, -0.2) is 0 Å². The Morgan fingerprint density at radius 3 is 2.46 bits per heavy atom. The van der Waals surface area contributed by atoms with Gasteiger partial charge in [-0.3, -0.25) is 0 Å². The lowest BCUT2D eigenvalue weighted by Crippen LogP contribution is -2.28. The van der Waals surface area contributed by atoms with Crippen molar-refractivity contribution in [2.24, 2.45) is 11.0 Å². The second-order valence-electron chi connectivity index (χ2n) is 15.6. The molecule has 4 aromatic rings. The van der Waals surface area contributed by atoms with E-state index >= 15 is 0 Å². The molecule has 0 saturated heterocycles. The first-order valence-corrected chi connectivity index (χ1v) is 21.6. The molecule has 2 heterocycles. The van der Waals surface area contributed by atoms with Crippen molar-refractivity contribution in [1.29, 1.82) is 5.26 Å².